The number of benzene rings is 2. The second-order valence-electron chi connectivity index (χ2n) is 6.66. The normalized spacial score (nSPS) is 12.9. The van der Waals surface area contributed by atoms with Gasteiger partial charge in [-0.25, -0.2) is 4.68 Å². The van der Waals surface area contributed by atoms with Crippen molar-refractivity contribution >= 4 is 12.4 Å². The number of rotatable bonds is 8. The Hall–Kier alpha value is -2.48. The molecule has 0 bridgehead atoms. The Kier molecular flexibility index (Phi) is 7.92. The molecule has 0 spiro atoms. The second kappa shape index (κ2) is 10.2. The van der Waals surface area contributed by atoms with Gasteiger partial charge in [-0.15, -0.1) is 17.5 Å². The summed E-state index contributed by atoms with van der Waals surface area (Å²) >= 11 is 0. The first-order chi connectivity index (χ1) is 13.0. The van der Waals surface area contributed by atoms with Crippen LogP contribution in [0.1, 0.15) is 29.7 Å². The molecule has 28 heavy (non-hydrogen) atoms. The molecule has 2 aromatic carbocycles. The summed E-state index contributed by atoms with van der Waals surface area (Å²) in [5.41, 5.74) is 4.17. The number of aryl methyl sites for hydroxylation is 2. The van der Waals surface area contributed by atoms with Crippen LogP contribution in [0.5, 0.6) is 5.75 Å². The van der Waals surface area contributed by atoms with Crippen molar-refractivity contribution in [2.24, 2.45) is 0 Å². The molecule has 2 N–H and O–H groups in total. The molecule has 0 fully saturated rings. The second-order valence-corrected chi connectivity index (χ2v) is 6.66. The summed E-state index contributed by atoms with van der Waals surface area (Å²) in [7, 11) is 0. The number of tetrazole rings is 1. The molecular weight excluding hydrogens is 378 g/mol. The average Bonchev–Trinajstić information content (AvgIpc) is 3.20. The van der Waals surface area contributed by atoms with Crippen LogP contribution < -0.4 is 10.1 Å². The molecule has 0 saturated carbocycles. The van der Waals surface area contributed by atoms with Crippen molar-refractivity contribution < 1.29 is 9.84 Å². The molecule has 150 valence electrons. The Morgan fingerprint density at radius 2 is 1.79 bits per heavy atom. The van der Waals surface area contributed by atoms with E-state index in [0.717, 1.165) is 28.1 Å². The van der Waals surface area contributed by atoms with Crippen LogP contribution in [0, 0.1) is 13.8 Å². The standard InChI is InChI=1S/C20H25N5O2.ClH/c1-14-5-4-6-15(2)20(14)27-12-19(26)11-21-16(3)17-7-9-18(10-8-17)25-13-22-23-24-25;/h4-10,13,16,19,21,26H,11-12H2,1-3H3;1H. The van der Waals surface area contributed by atoms with Crippen molar-refractivity contribution in [2.75, 3.05) is 13.2 Å². The Labute approximate surface area is 171 Å². The lowest BCUT2D eigenvalue weighted by atomic mass is 10.1. The molecule has 8 heteroatoms. The van der Waals surface area contributed by atoms with E-state index in [2.05, 4.69) is 27.8 Å². The molecule has 2 atom stereocenters. The topological polar surface area (TPSA) is 85.1 Å². The van der Waals surface area contributed by atoms with E-state index in [9.17, 15) is 5.11 Å². The number of halogens is 1. The molecular formula is C20H26ClN5O2. The number of aliphatic hydroxyl groups excluding tert-OH is 1. The minimum atomic E-state index is -0.591. The van der Waals surface area contributed by atoms with E-state index in [4.69, 9.17) is 4.74 Å². The summed E-state index contributed by atoms with van der Waals surface area (Å²) < 4.78 is 7.42. The van der Waals surface area contributed by atoms with Gasteiger partial charge in [0.25, 0.3) is 0 Å². The van der Waals surface area contributed by atoms with Gasteiger partial charge in [0.15, 0.2) is 0 Å². The van der Waals surface area contributed by atoms with Gasteiger partial charge in [-0.3, -0.25) is 0 Å². The van der Waals surface area contributed by atoms with Crippen LogP contribution in [-0.4, -0.2) is 44.6 Å². The van der Waals surface area contributed by atoms with Gasteiger partial charge in [0.2, 0.25) is 0 Å². The maximum Gasteiger partial charge on any atom is 0.143 e. The fourth-order valence-electron chi connectivity index (χ4n) is 2.89. The predicted octanol–water partition coefficient (Wildman–Crippen LogP) is 2.79. The van der Waals surface area contributed by atoms with E-state index in [0.29, 0.717) is 6.54 Å². The molecule has 3 aromatic rings. The highest BCUT2D eigenvalue weighted by atomic mass is 35.5. The van der Waals surface area contributed by atoms with Gasteiger partial charge in [0.1, 0.15) is 24.8 Å². The smallest absolute Gasteiger partial charge is 0.143 e. The van der Waals surface area contributed by atoms with Gasteiger partial charge >= 0.3 is 0 Å². The van der Waals surface area contributed by atoms with Crippen LogP contribution in [0.4, 0.5) is 0 Å². The summed E-state index contributed by atoms with van der Waals surface area (Å²) in [5, 5.41) is 24.7. The number of para-hydroxylation sites is 1. The van der Waals surface area contributed by atoms with Crippen molar-refractivity contribution in [2.45, 2.75) is 32.9 Å². The molecule has 0 aliphatic carbocycles. The Balaban J connectivity index is 0.00000280. The van der Waals surface area contributed by atoms with Gasteiger partial charge in [-0.2, -0.15) is 0 Å². The van der Waals surface area contributed by atoms with Crippen LogP contribution in [0.25, 0.3) is 5.69 Å². The lowest BCUT2D eigenvalue weighted by Gasteiger charge is -2.19. The van der Waals surface area contributed by atoms with Crippen LogP contribution in [-0.2, 0) is 0 Å². The molecule has 0 saturated heterocycles. The minimum Gasteiger partial charge on any atom is -0.490 e. The van der Waals surface area contributed by atoms with Crippen molar-refractivity contribution in [3.05, 3.63) is 65.5 Å². The van der Waals surface area contributed by atoms with E-state index in [-0.39, 0.29) is 25.1 Å². The average molecular weight is 404 g/mol. The fourth-order valence-corrected chi connectivity index (χ4v) is 2.89. The maximum atomic E-state index is 10.2. The minimum absolute atomic E-state index is 0. The number of ether oxygens (including phenoxy) is 1. The number of aromatic nitrogens is 4. The zero-order valence-corrected chi connectivity index (χ0v) is 17.1. The quantitative estimate of drug-likeness (QED) is 0.601. The summed E-state index contributed by atoms with van der Waals surface area (Å²) in [6.45, 7) is 6.78. The Bertz CT molecular complexity index is 835. The third-order valence-corrected chi connectivity index (χ3v) is 4.50. The zero-order chi connectivity index (χ0) is 19.2. The first kappa shape index (κ1) is 21.8. The van der Waals surface area contributed by atoms with E-state index in [1.54, 1.807) is 11.0 Å². The highest BCUT2D eigenvalue weighted by Crippen LogP contribution is 2.22. The number of hydrogen-bond acceptors (Lipinski definition) is 6. The monoisotopic (exact) mass is 403 g/mol. The van der Waals surface area contributed by atoms with Gasteiger partial charge < -0.3 is 15.2 Å². The number of nitrogens with one attached hydrogen (secondary N) is 1. The third kappa shape index (κ3) is 5.51. The first-order valence-electron chi connectivity index (χ1n) is 8.98. The summed E-state index contributed by atoms with van der Waals surface area (Å²) in [6.07, 6.45) is 0.968. The largest absolute Gasteiger partial charge is 0.490 e. The molecule has 0 amide bonds. The summed E-state index contributed by atoms with van der Waals surface area (Å²) in [4.78, 5) is 0. The highest BCUT2D eigenvalue weighted by molar-refractivity contribution is 5.85. The molecule has 0 aliphatic heterocycles. The van der Waals surface area contributed by atoms with Crippen LogP contribution >= 0.6 is 12.4 Å². The third-order valence-electron chi connectivity index (χ3n) is 4.50. The van der Waals surface area contributed by atoms with Crippen molar-refractivity contribution in [3.63, 3.8) is 0 Å². The molecule has 7 nitrogen and oxygen atoms in total. The lowest BCUT2D eigenvalue weighted by molar-refractivity contribution is 0.103. The predicted molar refractivity (Wildman–Crippen MR) is 110 cm³/mol. The van der Waals surface area contributed by atoms with E-state index >= 15 is 0 Å². The van der Waals surface area contributed by atoms with Gasteiger partial charge in [0, 0.05) is 12.6 Å². The lowest BCUT2D eigenvalue weighted by Crippen LogP contribution is -2.33. The van der Waals surface area contributed by atoms with Gasteiger partial charge in [0.05, 0.1) is 5.69 Å². The number of hydrogen-bond donors (Lipinski definition) is 2. The van der Waals surface area contributed by atoms with Crippen LogP contribution in [0.2, 0.25) is 0 Å². The Morgan fingerprint density at radius 1 is 1.11 bits per heavy atom. The first-order valence-corrected chi connectivity index (χ1v) is 8.98. The molecule has 2 unspecified atom stereocenters. The molecule has 1 aromatic heterocycles. The molecule has 1 heterocycles. The fraction of sp³-hybridized carbons (Fsp3) is 0.350. The van der Waals surface area contributed by atoms with Crippen LogP contribution in [0.15, 0.2) is 48.8 Å². The Morgan fingerprint density at radius 3 is 2.39 bits per heavy atom. The zero-order valence-electron chi connectivity index (χ0n) is 16.2. The SMILES string of the molecule is Cc1cccc(C)c1OCC(O)CNC(C)c1ccc(-n2cnnn2)cc1.Cl. The van der Waals surface area contributed by atoms with E-state index in [1.807, 2.05) is 56.3 Å². The summed E-state index contributed by atoms with van der Waals surface area (Å²) in [6, 6.07) is 14.1. The van der Waals surface area contributed by atoms with Crippen molar-refractivity contribution in [3.8, 4) is 11.4 Å². The van der Waals surface area contributed by atoms with Crippen LogP contribution in [0.3, 0.4) is 0 Å². The van der Waals surface area contributed by atoms with E-state index < -0.39 is 6.10 Å². The van der Waals surface area contributed by atoms with E-state index in [1.165, 1.54) is 0 Å². The number of nitrogens with zero attached hydrogens (tertiary/aromatic N) is 4. The van der Waals surface area contributed by atoms with Gasteiger partial charge in [-0.05, 0) is 60.0 Å². The summed E-state index contributed by atoms with van der Waals surface area (Å²) in [5.74, 6) is 0.850. The van der Waals surface area contributed by atoms with Crippen molar-refractivity contribution in [1.29, 1.82) is 0 Å². The molecule has 0 aliphatic rings. The van der Waals surface area contributed by atoms with Crippen molar-refractivity contribution in [1.82, 2.24) is 25.5 Å². The highest BCUT2D eigenvalue weighted by Gasteiger charge is 2.11. The molecule has 0 radical (unpaired) electrons. The number of aliphatic hydroxyl groups is 1. The molecule has 3 rings (SSSR count). The van der Waals surface area contributed by atoms with Gasteiger partial charge in [-0.1, -0.05) is 30.3 Å². The maximum absolute atomic E-state index is 10.2.